The summed E-state index contributed by atoms with van der Waals surface area (Å²) in [6.45, 7) is 0. The summed E-state index contributed by atoms with van der Waals surface area (Å²) in [5.74, 6) is 0.409. The normalized spacial score (nSPS) is 20.2. The molecule has 1 aromatic carbocycles. The van der Waals surface area contributed by atoms with Gasteiger partial charge >= 0.3 is 0 Å². The first-order chi connectivity index (χ1) is 6.27. The molecule has 0 aromatic heterocycles. The third-order valence-corrected chi connectivity index (χ3v) is 2.24. The van der Waals surface area contributed by atoms with Crippen LogP contribution < -0.4 is 10.5 Å². The molecule has 0 unspecified atom stereocenters. The van der Waals surface area contributed by atoms with Gasteiger partial charge in [0.15, 0.2) is 6.10 Å². The lowest BCUT2D eigenvalue weighted by Crippen LogP contribution is -2.36. The zero-order chi connectivity index (χ0) is 9.26. The Kier molecular flexibility index (Phi) is 1.93. The van der Waals surface area contributed by atoms with Gasteiger partial charge in [-0.2, -0.15) is 0 Å². The minimum Gasteiger partial charge on any atom is -0.480 e. The fourth-order valence-corrected chi connectivity index (χ4v) is 1.52. The number of carbonyl (C=O) groups excluding carboxylic acids is 1. The van der Waals surface area contributed by atoms with E-state index in [-0.39, 0.29) is 5.91 Å². The van der Waals surface area contributed by atoms with Gasteiger partial charge in [0.05, 0.1) is 0 Å². The molecule has 2 N–H and O–H groups in total. The molecule has 3 heteroatoms. The lowest BCUT2D eigenvalue weighted by molar-refractivity contribution is -0.125. The summed E-state index contributed by atoms with van der Waals surface area (Å²) < 4.78 is 5.42. The van der Waals surface area contributed by atoms with E-state index < -0.39 is 6.10 Å². The second-order valence-corrected chi connectivity index (χ2v) is 3.16. The summed E-state index contributed by atoms with van der Waals surface area (Å²) >= 11 is 0. The third kappa shape index (κ3) is 1.49. The number of carbonyl (C=O) groups is 1. The van der Waals surface area contributed by atoms with E-state index >= 15 is 0 Å². The van der Waals surface area contributed by atoms with Crippen molar-refractivity contribution in [3.63, 3.8) is 0 Å². The minimum absolute atomic E-state index is 0.380. The number of rotatable bonds is 1. The molecule has 0 saturated carbocycles. The maximum Gasteiger partial charge on any atom is 0.258 e. The molecule has 1 heterocycles. The van der Waals surface area contributed by atoms with Crippen molar-refractivity contribution in [1.82, 2.24) is 0 Å². The highest BCUT2D eigenvalue weighted by atomic mass is 16.5. The number of aryl methyl sites for hydroxylation is 1. The van der Waals surface area contributed by atoms with Crippen molar-refractivity contribution in [1.29, 1.82) is 0 Å². The van der Waals surface area contributed by atoms with E-state index in [1.807, 2.05) is 24.3 Å². The fourth-order valence-electron chi connectivity index (χ4n) is 1.52. The third-order valence-electron chi connectivity index (χ3n) is 2.24. The van der Waals surface area contributed by atoms with Gasteiger partial charge < -0.3 is 10.5 Å². The number of benzene rings is 1. The van der Waals surface area contributed by atoms with Crippen LogP contribution in [-0.4, -0.2) is 12.0 Å². The summed E-state index contributed by atoms with van der Waals surface area (Å²) in [6.07, 6.45) is 1.10. The van der Waals surface area contributed by atoms with Crippen LogP contribution in [0.15, 0.2) is 24.3 Å². The first-order valence-electron chi connectivity index (χ1n) is 4.31. The molecule has 0 bridgehead atoms. The smallest absolute Gasteiger partial charge is 0.258 e. The number of primary amides is 1. The monoisotopic (exact) mass is 177 g/mol. The van der Waals surface area contributed by atoms with Crippen LogP contribution in [0.2, 0.25) is 0 Å². The minimum atomic E-state index is -0.449. The number of hydrogen-bond acceptors (Lipinski definition) is 2. The summed E-state index contributed by atoms with van der Waals surface area (Å²) in [5, 5.41) is 0. The van der Waals surface area contributed by atoms with Crippen molar-refractivity contribution < 1.29 is 9.53 Å². The van der Waals surface area contributed by atoms with E-state index in [4.69, 9.17) is 10.5 Å². The number of fused-ring (bicyclic) bond motifs is 1. The molecular weight excluding hydrogens is 166 g/mol. The van der Waals surface area contributed by atoms with Crippen LogP contribution >= 0.6 is 0 Å². The lowest BCUT2D eigenvalue weighted by Gasteiger charge is -2.23. The van der Waals surface area contributed by atoms with Crippen molar-refractivity contribution in [2.24, 2.45) is 5.73 Å². The molecule has 0 aliphatic carbocycles. The molecule has 0 spiro atoms. The number of nitrogens with two attached hydrogens (primary N) is 1. The zero-order valence-corrected chi connectivity index (χ0v) is 7.19. The van der Waals surface area contributed by atoms with Gasteiger partial charge in [0.1, 0.15) is 5.75 Å². The Morgan fingerprint density at radius 3 is 3.00 bits per heavy atom. The standard InChI is InChI=1S/C10H11NO2/c11-10(12)9-6-5-7-3-1-2-4-8(7)13-9/h1-4,9H,5-6H2,(H2,11,12)/t9-/m1/s1. The predicted molar refractivity (Wildman–Crippen MR) is 48.4 cm³/mol. The lowest BCUT2D eigenvalue weighted by atomic mass is 10.0. The Morgan fingerprint density at radius 2 is 2.23 bits per heavy atom. The second kappa shape index (κ2) is 3.09. The van der Waals surface area contributed by atoms with Crippen molar-refractivity contribution >= 4 is 5.91 Å². The maximum absolute atomic E-state index is 10.9. The highest BCUT2D eigenvalue weighted by Crippen LogP contribution is 2.26. The molecule has 1 aliphatic rings. The fraction of sp³-hybridized carbons (Fsp3) is 0.300. The van der Waals surface area contributed by atoms with Crippen molar-refractivity contribution in [3.05, 3.63) is 29.8 Å². The van der Waals surface area contributed by atoms with Crippen molar-refractivity contribution in [2.45, 2.75) is 18.9 Å². The number of para-hydroxylation sites is 1. The van der Waals surface area contributed by atoms with Crippen LogP contribution in [0.25, 0.3) is 0 Å². The Balaban J connectivity index is 2.24. The molecule has 0 saturated heterocycles. The van der Waals surface area contributed by atoms with Crippen LogP contribution in [0, 0.1) is 0 Å². The van der Waals surface area contributed by atoms with Crippen LogP contribution in [-0.2, 0) is 11.2 Å². The van der Waals surface area contributed by atoms with E-state index in [0.29, 0.717) is 6.42 Å². The first-order valence-corrected chi connectivity index (χ1v) is 4.31. The maximum atomic E-state index is 10.9. The highest BCUT2D eigenvalue weighted by molar-refractivity contribution is 5.79. The van der Waals surface area contributed by atoms with Gasteiger partial charge in [0, 0.05) is 0 Å². The van der Waals surface area contributed by atoms with E-state index in [1.165, 1.54) is 0 Å². The summed E-state index contributed by atoms with van der Waals surface area (Å²) in [7, 11) is 0. The Labute approximate surface area is 76.5 Å². The van der Waals surface area contributed by atoms with Gasteiger partial charge in [0.25, 0.3) is 5.91 Å². The molecule has 3 nitrogen and oxygen atoms in total. The molecule has 68 valence electrons. The summed E-state index contributed by atoms with van der Waals surface area (Å²) in [4.78, 5) is 10.9. The van der Waals surface area contributed by atoms with Gasteiger partial charge in [-0.25, -0.2) is 0 Å². The molecule has 2 rings (SSSR count). The summed E-state index contributed by atoms with van der Waals surface area (Å²) in [6, 6.07) is 7.73. The molecule has 0 fully saturated rings. The number of amides is 1. The number of hydrogen-bond donors (Lipinski definition) is 1. The quantitative estimate of drug-likeness (QED) is 0.691. The Bertz CT molecular complexity index is 335. The van der Waals surface area contributed by atoms with E-state index in [9.17, 15) is 4.79 Å². The van der Waals surface area contributed by atoms with Gasteiger partial charge in [-0.15, -0.1) is 0 Å². The number of ether oxygens (including phenoxy) is 1. The zero-order valence-electron chi connectivity index (χ0n) is 7.19. The predicted octanol–water partition coefficient (Wildman–Crippen LogP) is 0.865. The van der Waals surface area contributed by atoms with Crippen molar-refractivity contribution in [3.8, 4) is 5.75 Å². The van der Waals surface area contributed by atoms with Crippen molar-refractivity contribution in [2.75, 3.05) is 0 Å². The van der Waals surface area contributed by atoms with E-state index in [0.717, 1.165) is 17.7 Å². The van der Waals surface area contributed by atoms with Crippen LogP contribution in [0.1, 0.15) is 12.0 Å². The largest absolute Gasteiger partial charge is 0.480 e. The molecule has 0 radical (unpaired) electrons. The van der Waals surface area contributed by atoms with Gasteiger partial charge in [-0.3, -0.25) is 4.79 Å². The molecule has 1 aliphatic heterocycles. The average molecular weight is 177 g/mol. The SMILES string of the molecule is NC(=O)[C@H]1CCc2ccccc2O1. The molecule has 1 aromatic rings. The van der Waals surface area contributed by atoms with Gasteiger partial charge in [-0.1, -0.05) is 18.2 Å². The molecule has 1 amide bonds. The van der Waals surface area contributed by atoms with E-state index in [1.54, 1.807) is 0 Å². The molecule has 13 heavy (non-hydrogen) atoms. The highest BCUT2D eigenvalue weighted by Gasteiger charge is 2.23. The van der Waals surface area contributed by atoms with Gasteiger partial charge in [-0.05, 0) is 24.5 Å². The topological polar surface area (TPSA) is 52.3 Å². The molecule has 1 atom stereocenters. The Morgan fingerprint density at radius 1 is 1.46 bits per heavy atom. The second-order valence-electron chi connectivity index (χ2n) is 3.16. The average Bonchev–Trinajstić information content (AvgIpc) is 2.17. The van der Waals surface area contributed by atoms with E-state index in [2.05, 4.69) is 0 Å². The Hall–Kier alpha value is -1.51. The summed E-state index contributed by atoms with van der Waals surface area (Å²) in [5.41, 5.74) is 6.31. The first kappa shape index (κ1) is 8.10. The van der Waals surface area contributed by atoms with Gasteiger partial charge in [0.2, 0.25) is 0 Å². The van der Waals surface area contributed by atoms with Crippen LogP contribution in [0.5, 0.6) is 5.75 Å². The van der Waals surface area contributed by atoms with Crippen LogP contribution in [0.4, 0.5) is 0 Å². The van der Waals surface area contributed by atoms with Crippen LogP contribution in [0.3, 0.4) is 0 Å². The molecular formula is C10H11NO2.